The van der Waals surface area contributed by atoms with Gasteiger partial charge in [-0.15, -0.1) is 0 Å². The van der Waals surface area contributed by atoms with Crippen molar-refractivity contribution in [2.45, 2.75) is 0 Å². The second-order valence-electron chi connectivity index (χ2n) is 3.95. The van der Waals surface area contributed by atoms with Crippen LogP contribution in [0.4, 0.5) is 0 Å². The number of nitrogens with zero attached hydrogens (tertiary/aromatic N) is 1. The topological polar surface area (TPSA) is 57.6 Å². The highest BCUT2D eigenvalue weighted by atomic mass is 32.2. The van der Waals surface area contributed by atoms with Gasteiger partial charge in [0.2, 0.25) is 0 Å². The largest absolute Gasteiger partial charge is 0.480 e. The van der Waals surface area contributed by atoms with Crippen LogP contribution in [0.25, 0.3) is 6.08 Å². The lowest BCUT2D eigenvalue weighted by molar-refractivity contribution is -0.140. The molecule has 1 fully saturated rings. The number of amides is 1. The van der Waals surface area contributed by atoms with E-state index < -0.39 is 12.5 Å². The molecule has 4 nitrogen and oxygen atoms in total. The molecular weight excluding hydrogens is 294 g/mol. The maximum absolute atomic E-state index is 11.9. The van der Waals surface area contributed by atoms with Gasteiger partial charge in [-0.25, -0.2) is 0 Å². The van der Waals surface area contributed by atoms with Crippen LogP contribution in [0.2, 0.25) is 0 Å². The molecule has 2 rings (SSSR count). The molecule has 0 saturated carbocycles. The van der Waals surface area contributed by atoms with Crippen LogP contribution in [0.5, 0.6) is 0 Å². The average molecular weight is 305 g/mol. The molecule has 1 aliphatic rings. The first-order chi connectivity index (χ1) is 9.58. The van der Waals surface area contributed by atoms with E-state index in [1.807, 2.05) is 36.4 Å². The van der Waals surface area contributed by atoms with Crippen LogP contribution in [0, 0.1) is 0 Å². The van der Waals surface area contributed by atoms with E-state index in [0.29, 0.717) is 4.91 Å². The van der Waals surface area contributed by atoms with Gasteiger partial charge in [0.1, 0.15) is 10.9 Å². The number of carbonyl (C=O) groups excluding carboxylic acids is 1. The molecule has 1 saturated heterocycles. The van der Waals surface area contributed by atoms with Crippen molar-refractivity contribution in [3.63, 3.8) is 0 Å². The number of allylic oxidation sites excluding steroid dienone is 2. The molecule has 0 bridgehead atoms. The van der Waals surface area contributed by atoms with Crippen molar-refractivity contribution in [1.82, 2.24) is 4.90 Å². The van der Waals surface area contributed by atoms with E-state index in [2.05, 4.69) is 0 Å². The van der Waals surface area contributed by atoms with Crippen molar-refractivity contribution in [2.75, 3.05) is 6.54 Å². The molecule has 102 valence electrons. The molecule has 0 aromatic heterocycles. The second-order valence-corrected chi connectivity index (χ2v) is 5.63. The van der Waals surface area contributed by atoms with Gasteiger partial charge in [-0.2, -0.15) is 0 Å². The van der Waals surface area contributed by atoms with Crippen LogP contribution >= 0.6 is 24.0 Å². The van der Waals surface area contributed by atoms with Crippen molar-refractivity contribution >= 4 is 46.3 Å². The van der Waals surface area contributed by atoms with Crippen molar-refractivity contribution in [1.29, 1.82) is 0 Å². The number of thioether (sulfide) groups is 1. The standard InChI is InChI=1S/C14H11NO3S2/c16-12(17)9-15-13(18)11(20-14(15)19)8-4-7-10-5-2-1-3-6-10/h1-8H,9H2,(H,16,17). The molecule has 0 atom stereocenters. The fourth-order valence-corrected chi connectivity index (χ4v) is 2.80. The summed E-state index contributed by atoms with van der Waals surface area (Å²) in [5.41, 5.74) is 1.02. The summed E-state index contributed by atoms with van der Waals surface area (Å²) < 4.78 is 0.275. The molecule has 0 spiro atoms. The molecule has 1 heterocycles. The number of hydrogen-bond donors (Lipinski definition) is 1. The minimum absolute atomic E-state index is 0.275. The Labute approximate surface area is 125 Å². The number of carboxylic acid groups (broad SMARTS) is 1. The van der Waals surface area contributed by atoms with Crippen LogP contribution < -0.4 is 0 Å². The normalized spacial score (nSPS) is 17.4. The quantitative estimate of drug-likeness (QED) is 0.684. The van der Waals surface area contributed by atoms with Crippen molar-refractivity contribution in [3.05, 3.63) is 53.0 Å². The van der Waals surface area contributed by atoms with E-state index >= 15 is 0 Å². The maximum Gasteiger partial charge on any atom is 0.323 e. The zero-order valence-electron chi connectivity index (χ0n) is 10.4. The highest BCUT2D eigenvalue weighted by Gasteiger charge is 2.32. The molecule has 1 aliphatic heterocycles. The Bertz CT molecular complexity index is 608. The van der Waals surface area contributed by atoms with E-state index in [1.54, 1.807) is 12.2 Å². The first-order valence-electron chi connectivity index (χ1n) is 5.77. The lowest BCUT2D eigenvalue weighted by Crippen LogP contribution is -2.33. The summed E-state index contributed by atoms with van der Waals surface area (Å²) >= 11 is 6.11. The van der Waals surface area contributed by atoms with E-state index in [0.717, 1.165) is 22.2 Å². The SMILES string of the molecule is O=C(O)CN1C(=O)C(=CC=Cc2ccccc2)SC1=S. The van der Waals surface area contributed by atoms with Crippen LogP contribution in [0.15, 0.2) is 47.4 Å². The lowest BCUT2D eigenvalue weighted by Gasteiger charge is -2.09. The maximum atomic E-state index is 11.9. The molecule has 0 aliphatic carbocycles. The second kappa shape index (κ2) is 6.49. The van der Waals surface area contributed by atoms with Gasteiger partial charge in [0.25, 0.3) is 5.91 Å². The number of rotatable bonds is 4. The van der Waals surface area contributed by atoms with Gasteiger partial charge in [0, 0.05) is 0 Å². The predicted octanol–water partition coefficient (Wildman–Crippen LogP) is 2.53. The van der Waals surface area contributed by atoms with Crippen molar-refractivity contribution in [3.8, 4) is 0 Å². The molecule has 0 radical (unpaired) electrons. The Morgan fingerprint density at radius 3 is 2.70 bits per heavy atom. The first-order valence-corrected chi connectivity index (χ1v) is 6.99. The fraction of sp³-hybridized carbons (Fsp3) is 0.0714. The molecule has 20 heavy (non-hydrogen) atoms. The molecule has 6 heteroatoms. The third-order valence-electron chi connectivity index (χ3n) is 2.50. The monoisotopic (exact) mass is 305 g/mol. The van der Waals surface area contributed by atoms with Crippen LogP contribution in [-0.4, -0.2) is 32.7 Å². The Hall–Kier alpha value is -1.92. The van der Waals surface area contributed by atoms with Gasteiger partial charge in [-0.1, -0.05) is 66.5 Å². The van der Waals surface area contributed by atoms with E-state index in [1.165, 1.54) is 0 Å². The highest BCUT2D eigenvalue weighted by molar-refractivity contribution is 8.26. The Balaban J connectivity index is 2.08. The number of aliphatic carboxylic acids is 1. The van der Waals surface area contributed by atoms with Gasteiger partial charge in [-0.3, -0.25) is 14.5 Å². The van der Waals surface area contributed by atoms with Gasteiger partial charge >= 0.3 is 5.97 Å². The minimum atomic E-state index is -1.08. The van der Waals surface area contributed by atoms with Gasteiger partial charge in [-0.05, 0) is 11.6 Å². The third-order valence-corrected chi connectivity index (χ3v) is 3.90. The Morgan fingerprint density at radius 2 is 2.05 bits per heavy atom. The number of carboxylic acids is 1. The minimum Gasteiger partial charge on any atom is -0.480 e. The predicted molar refractivity (Wildman–Crippen MR) is 83.1 cm³/mol. The number of benzene rings is 1. The molecule has 0 unspecified atom stereocenters. The molecule has 1 aromatic rings. The number of carbonyl (C=O) groups is 2. The highest BCUT2D eigenvalue weighted by Crippen LogP contribution is 2.30. The first kappa shape index (κ1) is 14.5. The molecular formula is C14H11NO3S2. The molecule has 1 amide bonds. The molecule has 1 aromatic carbocycles. The van der Waals surface area contributed by atoms with Crippen molar-refractivity contribution in [2.24, 2.45) is 0 Å². The smallest absolute Gasteiger partial charge is 0.323 e. The number of thiocarbonyl (C=S) groups is 1. The van der Waals surface area contributed by atoms with Gasteiger partial charge in [0.05, 0.1) is 4.91 Å². The summed E-state index contributed by atoms with van der Waals surface area (Å²) in [6.45, 7) is -0.398. The van der Waals surface area contributed by atoms with E-state index in [9.17, 15) is 9.59 Å². The summed E-state index contributed by atoms with van der Waals surface area (Å²) in [6, 6.07) is 9.66. The summed E-state index contributed by atoms with van der Waals surface area (Å²) in [5, 5.41) is 8.72. The van der Waals surface area contributed by atoms with Crippen LogP contribution in [0.1, 0.15) is 5.56 Å². The zero-order chi connectivity index (χ0) is 14.5. The van der Waals surface area contributed by atoms with Crippen molar-refractivity contribution < 1.29 is 14.7 Å². The van der Waals surface area contributed by atoms with Gasteiger partial charge < -0.3 is 5.11 Å². The average Bonchev–Trinajstić information content (AvgIpc) is 2.67. The summed E-state index contributed by atoms with van der Waals surface area (Å²) in [4.78, 5) is 24.1. The zero-order valence-corrected chi connectivity index (χ0v) is 12.0. The van der Waals surface area contributed by atoms with Crippen LogP contribution in [-0.2, 0) is 9.59 Å². The molecule has 1 N–H and O–H groups in total. The van der Waals surface area contributed by atoms with Crippen LogP contribution in [0.3, 0.4) is 0 Å². The Kier molecular flexibility index (Phi) is 4.70. The summed E-state index contributed by atoms with van der Waals surface area (Å²) in [6.07, 6.45) is 5.26. The third kappa shape index (κ3) is 3.55. The summed E-state index contributed by atoms with van der Waals surface area (Å²) in [5.74, 6) is -1.44. The fourth-order valence-electron chi connectivity index (χ4n) is 1.60. The lowest BCUT2D eigenvalue weighted by atomic mass is 10.2. The van der Waals surface area contributed by atoms with E-state index in [-0.39, 0.29) is 10.2 Å². The van der Waals surface area contributed by atoms with E-state index in [4.69, 9.17) is 17.3 Å². The summed E-state index contributed by atoms with van der Waals surface area (Å²) in [7, 11) is 0. The van der Waals surface area contributed by atoms with Gasteiger partial charge in [0.15, 0.2) is 0 Å². The number of hydrogen-bond acceptors (Lipinski definition) is 4. The Morgan fingerprint density at radius 1 is 1.35 bits per heavy atom.